The number of hydrogen-bond acceptors (Lipinski definition) is 18. The molecular weight excluding hydrogens is 612 g/mol. The minimum Gasteiger partial charge on any atom is -0.504 e. The van der Waals surface area contributed by atoms with E-state index in [1.165, 1.54) is 0 Å². The summed E-state index contributed by atoms with van der Waals surface area (Å²) in [6.07, 6.45) is -17.2. The second kappa shape index (κ2) is 12.4. The Balaban J connectivity index is 1.53. The third kappa shape index (κ3) is 5.79. The van der Waals surface area contributed by atoms with Crippen LogP contribution in [-0.2, 0) is 9.47 Å². The van der Waals surface area contributed by atoms with E-state index in [2.05, 4.69) is 0 Å². The van der Waals surface area contributed by atoms with Crippen molar-refractivity contribution in [3.8, 4) is 45.8 Å². The zero-order valence-electron chi connectivity index (χ0n) is 22.8. The Morgan fingerprint density at radius 1 is 0.644 bits per heavy atom. The van der Waals surface area contributed by atoms with Gasteiger partial charge in [-0.2, -0.15) is 0 Å². The Hall–Kier alpha value is -3.95. The predicted molar refractivity (Wildman–Crippen MR) is 143 cm³/mol. The van der Waals surface area contributed by atoms with Crippen LogP contribution >= 0.6 is 0 Å². The van der Waals surface area contributed by atoms with Crippen molar-refractivity contribution < 1.29 is 84.6 Å². The maximum absolute atomic E-state index is 13.2. The molecule has 18 heteroatoms. The van der Waals surface area contributed by atoms with Crippen LogP contribution in [0.1, 0.15) is 0 Å². The van der Waals surface area contributed by atoms with Crippen LogP contribution in [-0.4, -0.2) is 136 Å². The van der Waals surface area contributed by atoms with Crippen LogP contribution < -0.4 is 14.9 Å². The van der Waals surface area contributed by atoms with Crippen molar-refractivity contribution in [2.45, 2.75) is 61.4 Å². The molecule has 3 heterocycles. The van der Waals surface area contributed by atoms with Crippen molar-refractivity contribution in [1.82, 2.24) is 0 Å². The number of rotatable bonds is 7. The summed E-state index contributed by atoms with van der Waals surface area (Å²) in [7, 11) is 0. The molecule has 0 bridgehead atoms. The van der Waals surface area contributed by atoms with Gasteiger partial charge in [0.1, 0.15) is 71.3 Å². The zero-order valence-corrected chi connectivity index (χ0v) is 22.8. The lowest BCUT2D eigenvalue weighted by Crippen LogP contribution is -2.60. The quantitative estimate of drug-likeness (QED) is 0.112. The van der Waals surface area contributed by atoms with Crippen LogP contribution in [0.15, 0.2) is 33.5 Å². The van der Waals surface area contributed by atoms with Gasteiger partial charge in [-0.25, -0.2) is 0 Å². The van der Waals surface area contributed by atoms with E-state index in [0.717, 1.165) is 24.3 Å². The fraction of sp³-hybridized carbons (Fsp3) is 0.444. The summed E-state index contributed by atoms with van der Waals surface area (Å²) in [6.45, 7) is -1.56. The van der Waals surface area contributed by atoms with E-state index in [9.17, 15) is 66.1 Å². The fourth-order valence-electron chi connectivity index (χ4n) is 4.94. The fourth-order valence-corrected chi connectivity index (χ4v) is 4.94. The van der Waals surface area contributed by atoms with Crippen molar-refractivity contribution in [2.24, 2.45) is 0 Å². The first-order valence-corrected chi connectivity index (χ1v) is 13.3. The van der Waals surface area contributed by atoms with E-state index in [4.69, 9.17) is 23.4 Å². The molecule has 18 nitrogen and oxygen atoms in total. The zero-order chi connectivity index (χ0) is 32.9. The molecule has 10 unspecified atom stereocenters. The summed E-state index contributed by atoms with van der Waals surface area (Å²) in [5.41, 5.74) is -1.67. The molecule has 0 spiro atoms. The van der Waals surface area contributed by atoms with Crippen molar-refractivity contribution in [3.63, 3.8) is 0 Å². The lowest BCUT2D eigenvalue weighted by atomic mass is 9.99. The second-order valence-electron chi connectivity index (χ2n) is 10.4. The largest absolute Gasteiger partial charge is 0.504 e. The van der Waals surface area contributed by atoms with E-state index >= 15 is 0 Å². The monoisotopic (exact) mass is 642 g/mol. The molecule has 2 saturated heterocycles. The van der Waals surface area contributed by atoms with E-state index in [-0.39, 0.29) is 11.3 Å². The number of phenolic OH excluding ortho intramolecular Hbond substituents is 4. The van der Waals surface area contributed by atoms with Crippen molar-refractivity contribution in [1.29, 1.82) is 0 Å². The third-order valence-electron chi connectivity index (χ3n) is 7.44. The maximum Gasteiger partial charge on any atom is 0.229 e. The van der Waals surface area contributed by atoms with Gasteiger partial charge >= 0.3 is 0 Å². The SMILES string of the molecule is O=c1cc(-c2cc(O)c(O)cc2OC2OC(CO)C(O)C(O)C2O)oc2cc(O)c(OC3OC(CO)C(O)C(O)C3O)c(O)c12. The molecular formula is C27H30O18. The number of phenols is 4. The van der Waals surface area contributed by atoms with E-state index < -0.39 is 126 Å². The van der Waals surface area contributed by atoms with Gasteiger partial charge in [-0.15, -0.1) is 0 Å². The first-order valence-electron chi connectivity index (χ1n) is 13.3. The van der Waals surface area contributed by atoms with Gasteiger partial charge in [0, 0.05) is 18.2 Å². The lowest BCUT2D eigenvalue weighted by molar-refractivity contribution is -0.277. The van der Waals surface area contributed by atoms with Gasteiger partial charge in [-0.1, -0.05) is 0 Å². The van der Waals surface area contributed by atoms with Crippen LogP contribution in [0.25, 0.3) is 22.3 Å². The minimum absolute atomic E-state index is 0.248. The Morgan fingerprint density at radius 2 is 1.18 bits per heavy atom. The summed E-state index contributed by atoms with van der Waals surface area (Å²) < 4.78 is 27.1. The molecule has 2 aliphatic heterocycles. The highest BCUT2D eigenvalue weighted by molar-refractivity contribution is 5.90. The average molecular weight is 643 g/mol. The first-order chi connectivity index (χ1) is 21.3. The van der Waals surface area contributed by atoms with Crippen molar-refractivity contribution >= 4 is 11.0 Å². The summed E-state index contributed by atoms with van der Waals surface area (Å²) in [5, 5.41) is 121. The molecule has 12 N–H and O–H groups in total. The van der Waals surface area contributed by atoms with E-state index in [1.54, 1.807) is 0 Å². The van der Waals surface area contributed by atoms with Gasteiger partial charge in [0.15, 0.2) is 28.4 Å². The Bertz CT molecular complexity index is 1600. The van der Waals surface area contributed by atoms with Crippen LogP contribution in [0.3, 0.4) is 0 Å². The van der Waals surface area contributed by atoms with Crippen molar-refractivity contribution in [2.75, 3.05) is 13.2 Å². The standard InChI is InChI=1S/C27H30O18/c28-5-15-18(34)21(37)23(39)26(43-15)42-13-2-9(31)8(30)1-7(13)12-3-10(32)17-14(41-12)4-11(33)25(20(17)36)45-27-24(40)22(38)19(35)16(6-29)44-27/h1-4,15-16,18-19,21-24,26-31,33-40H,5-6H2. The van der Waals surface area contributed by atoms with Crippen LogP contribution in [0.5, 0.6) is 34.5 Å². The molecule has 0 amide bonds. The summed E-state index contributed by atoms with van der Waals surface area (Å²) in [4.78, 5) is 13.2. The molecule has 0 radical (unpaired) electrons. The van der Waals surface area contributed by atoms with Gasteiger partial charge in [-0.05, 0) is 6.07 Å². The van der Waals surface area contributed by atoms with Crippen LogP contribution in [0.4, 0.5) is 0 Å². The smallest absolute Gasteiger partial charge is 0.229 e. The molecule has 1 aromatic heterocycles. The molecule has 0 aliphatic carbocycles. The van der Waals surface area contributed by atoms with E-state index in [1.807, 2.05) is 0 Å². The number of aliphatic hydroxyl groups excluding tert-OH is 8. The lowest BCUT2D eigenvalue weighted by Gasteiger charge is -2.39. The van der Waals surface area contributed by atoms with Gasteiger partial charge < -0.3 is 84.6 Å². The highest BCUT2D eigenvalue weighted by atomic mass is 16.7. The van der Waals surface area contributed by atoms with Gasteiger partial charge in [-0.3, -0.25) is 4.79 Å². The number of ether oxygens (including phenoxy) is 4. The number of hydrogen-bond donors (Lipinski definition) is 12. The molecule has 246 valence electrons. The molecule has 2 fully saturated rings. The predicted octanol–water partition coefficient (Wildman–Crippen LogP) is -3.36. The van der Waals surface area contributed by atoms with E-state index in [0.29, 0.717) is 0 Å². The summed E-state index contributed by atoms with van der Waals surface area (Å²) >= 11 is 0. The molecule has 10 atom stereocenters. The molecule has 3 aromatic rings. The van der Waals surface area contributed by atoms with Crippen LogP contribution in [0.2, 0.25) is 0 Å². The highest BCUT2D eigenvalue weighted by Crippen LogP contribution is 2.45. The maximum atomic E-state index is 13.2. The van der Waals surface area contributed by atoms with Gasteiger partial charge in [0.25, 0.3) is 0 Å². The van der Waals surface area contributed by atoms with Crippen LogP contribution in [0, 0.1) is 0 Å². The molecule has 5 rings (SSSR count). The molecule has 0 saturated carbocycles. The van der Waals surface area contributed by atoms with Gasteiger partial charge in [0.05, 0.1) is 18.8 Å². The summed E-state index contributed by atoms with van der Waals surface area (Å²) in [6, 6.07) is 3.39. The number of aliphatic hydroxyl groups is 8. The Labute approximate surface area is 250 Å². The Kier molecular flexibility index (Phi) is 8.97. The normalized spacial score (nSPS) is 32.0. The minimum atomic E-state index is -1.92. The number of aromatic hydroxyl groups is 4. The average Bonchev–Trinajstić information content (AvgIpc) is 3.00. The van der Waals surface area contributed by atoms with Gasteiger partial charge in [0.2, 0.25) is 18.3 Å². The number of benzene rings is 2. The molecule has 45 heavy (non-hydrogen) atoms. The summed E-state index contributed by atoms with van der Waals surface area (Å²) in [5.74, 6) is -4.87. The topological polar surface area (TPSA) is 310 Å². The first kappa shape index (κ1) is 32.4. The second-order valence-corrected chi connectivity index (χ2v) is 10.4. The molecule has 2 aliphatic rings. The third-order valence-corrected chi connectivity index (χ3v) is 7.44. The molecule has 2 aromatic carbocycles. The van der Waals surface area contributed by atoms with Crippen molar-refractivity contribution in [3.05, 3.63) is 34.5 Å². The number of fused-ring (bicyclic) bond motifs is 1. The Morgan fingerprint density at radius 3 is 1.73 bits per heavy atom. The highest BCUT2D eigenvalue weighted by Gasteiger charge is 2.46.